The summed E-state index contributed by atoms with van der Waals surface area (Å²) in [7, 11) is 0. The Labute approximate surface area is 184 Å². The quantitative estimate of drug-likeness (QED) is 0.379. The number of rotatable bonds is 6. The van der Waals surface area contributed by atoms with Crippen LogP contribution in [0.3, 0.4) is 0 Å². The third kappa shape index (κ3) is 5.60. The van der Waals surface area contributed by atoms with Gasteiger partial charge in [-0.1, -0.05) is 77.4 Å². The highest BCUT2D eigenvalue weighted by Gasteiger charge is 2.20. The number of nitrogens with one attached hydrogen (secondary N) is 1. The van der Waals surface area contributed by atoms with Crippen LogP contribution in [0.1, 0.15) is 21.6 Å². The second-order valence-electron chi connectivity index (χ2n) is 6.20. The molecule has 2 aromatic carbocycles. The lowest BCUT2D eigenvalue weighted by Gasteiger charge is -2.13. The van der Waals surface area contributed by atoms with Crippen LogP contribution >= 0.6 is 35.0 Å². The minimum absolute atomic E-state index is 0.251. The van der Waals surface area contributed by atoms with E-state index < -0.39 is 0 Å². The van der Waals surface area contributed by atoms with E-state index in [4.69, 9.17) is 23.2 Å². The highest BCUT2D eigenvalue weighted by Crippen LogP contribution is 2.30. The lowest BCUT2D eigenvalue weighted by atomic mass is 10.0. The number of benzene rings is 2. The fourth-order valence-electron chi connectivity index (χ4n) is 2.81. The number of halogens is 2. The van der Waals surface area contributed by atoms with Gasteiger partial charge in [-0.05, 0) is 36.9 Å². The van der Waals surface area contributed by atoms with Crippen LogP contribution < -0.4 is 5.32 Å². The van der Waals surface area contributed by atoms with Crippen LogP contribution in [0, 0.1) is 6.92 Å². The standard InChI is InChI=1S/C22H19Cl2N3OS/c1-14-19(21(28)25-10-6-9-15-7-4-3-5-8-15)20(27-22(26-14)29-2)16-11-17(23)13-18(24)12-16/h3-9,11-13H,10H2,1-2H3,(H,25,28)/b9-6+. The van der Waals surface area contributed by atoms with Crippen molar-refractivity contribution in [3.63, 3.8) is 0 Å². The molecule has 1 heterocycles. The molecular weight excluding hydrogens is 425 g/mol. The zero-order valence-corrected chi connectivity index (χ0v) is 18.3. The smallest absolute Gasteiger partial charge is 0.255 e. The van der Waals surface area contributed by atoms with Crippen molar-refractivity contribution >= 4 is 46.9 Å². The molecule has 0 saturated heterocycles. The van der Waals surface area contributed by atoms with Crippen LogP contribution in [0.25, 0.3) is 17.3 Å². The van der Waals surface area contributed by atoms with Crippen molar-refractivity contribution in [2.75, 3.05) is 12.8 Å². The monoisotopic (exact) mass is 443 g/mol. The maximum Gasteiger partial charge on any atom is 0.255 e. The first kappa shape index (κ1) is 21.4. The van der Waals surface area contributed by atoms with Crippen LogP contribution in [-0.2, 0) is 0 Å². The van der Waals surface area contributed by atoms with Crippen molar-refractivity contribution in [3.8, 4) is 11.3 Å². The summed E-state index contributed by atoms with van der Waals surface area (Å²) in [6.07, 6.45) is 5.74. The molecule has 0 aliphatic heterocycles. The molecule has 1 aromatic heterocycles. The Kier molecular flexibility index (Phi) is 7.31. The number of carbonyl (C=O) groups excluding carboxylic acids is 1. The van der Waals surface area contributed by atoms with Crippen LogP contribution in [0.5, 0.6) is 0 Å². The van der Waals surface area contributed by atoms with Crippen molar-refractivity contribution in [2.24, 2.45) is 0 Å². The van der Waals surface area contributed by atoms with Gasteiger partial charge in [0.1, 0.15) is 0 Å². The predicted octanol–water partition coefficient (Wildman–Crippen LogP) is 5.92. The highest BCUT2D eigenvalue weighted by atomic mass is 35.5. The van der Waals surface area contributed by atoms with Crippen molar-refractivity contribution in [2.45, 2.75) is 12.1 Å². The third-order valence-corrected chi connectivity index (χ3v) is 5.09. The van der Waals surface area contributed by atoms with E-state index in [1.54, 1.807) is 25.1 Å². The fourth-order valence-corrected chi connectivity index (χ4v) is 3.75. The van der Waals surface area contributed by atoms with Crippen LogP contribution in [-0.4, -0.2) is 28.7 Å². The predicted molar refractivity (Wildman–Crippen MR) is 122 cm³/mol. The summed E-state index contributed by atoms with van der Waals surface area (Å²) in [5.74, 6) is -0.251. The van der Waals surface area contributed by atoms with Crippen LogP contribution in [0.2, 0.25) is 10.0 Å². The van der Waals surface area contributed by atoms with Gasteiger partial charge in [-0.2, -0.15) is 0 Å². The summed E-state index contributed by atoms with van der Waals surface area (Å²) in [6, 6.07) is 15.0. The summed E-state index contributed by atoms with van der Waals surface area (Å²) < 4.78 is 0. The molecule has 0 unspecified atom stereocenters. The third-order valence-electron chi connectivity index (χ3n) is 4.11. The number of thioether (sulfide) groups is 1. The van der Waals surface area contributed by atoms with E-state index in [-0.39, 0.29) is 5.91 Å². The van der Waals surface area contributed by atoms with Gasteiger partial charge in [-0.3, -0.25) is 4.79 Å². The van der Waals surface area contributed by atoms with Crippen molar-refractivity contribution in [1.82, 2.24) is 15.3 Å². The van der Waals surface area contributed by atoms with Crippen molar-refractivity contribution in [3.05, 3.63) is 81.5 Å². The van der Waals surface area contributed by atoms with Gasteiger partial charge in [-0.15, -0.1) is 0 Å². The number of amides is 1. The molecule has 0 aliphatic carbocycles. The van der Waals surface area contributed by atoms with Gasteiger partial charge < -0.3 is 5.32 Å². The molecule has 7 heteroatoms. The molecule has 0 fully saturated rings. The number of hydrogen-bond acceptors (Lipinski definition) is 4. The normalized spacial score (nSPS) is 11.0. The maximum atomic E-state index is 12.9. The summed E-state index contributed by atoms with van der Waals surface area (Å²) in [6.45, 7) is 2.18. The van der Waals surface area contributed by atoms with Gasteiger partial charge in [0.25, 0.3) is 5.91 Å². The molecule has 0 bridgehead atoms. The largest absolute Gasteiger partial charge is 0.348 e. The molecule has 1 N–H and O–H groups in total. The van der Waals surface area contributed by atoms with E-state index in [1.165, 1.54) is 11.8 Å². The maximum absolute atomic E-state index is 12.9. The molecule has 3 rings (SSSR count). The molecule has 0 radical (unpaired) electrons. The molecule has 0 saturated carbocycles. The fraction of sp³-hybridized carbons (Fsp3) is 0.136. The summed E-state index contributed by atoms with van der Waals surface area (Å²) >= 11 is 13.7. The number of hydrogen-bond donors (Lipinski definition) is 1. The number of aromatic nitrogens is 2. The van der Waals surface area contributed by atoms with Gasteiger partial charge in [0, 0.05) is 22.2 Å². The summed E-state index contributed by atoms with van der Waals surface area (Å²) in [5, 5.41) is 4.44. The molecular formula is C22H19Cl2N3OS. The zero-order valence-electron chi connectivity index (χ0n) is 15.9. The first-order valence-electron chi connectivity index (χ1n) is 8.87. The lowest BCUT2D eigenvalue weighted by Crippen LogP contribution is -2.26. The zero-order chi connectivity index (χ0) is 20.8. The topological polar surface area (TPSA) is 54.9 Å². The number of aryl methyl sites for hydroxylation is 1. The van der Waals surface area contributed by atoms with E-state index in [0.717, 1.165) is 5.56 Å². The van der Waals surface area contributed by atoms with Crippen molar-refractivity contribution < 1.29 is 4.79 Å². The Morgan fingerprint density at radius 3 is 2.45 bits per heavy atom. The van der Waals surface area contributed by atoms with Crippen molar-refractivity contribution in [1.29, 1.82) is 0 Å². The Morgan fingerprint density at radius 2 is 1.79 bits per heavy atom. The van der Waals surface area contributed by atoms with Gasteiger partial charge in [0.2, 0.25) is 0 Å². The molecule has 0 spiro atoms. The molecule has 148 valence electrons. The average molecular weight is 444 g/mol. The lowest BCUT2D eigenvalue weighted by molar-refractivity contribution is 0.0957. The number of carbonyl (C=O) groups is 1. The van der Waals surface area contributed by atoms with Crippen LogP contribution in [0.15, 0.2) is 59.8 Å². The first-order chi connectivity index (χ1) is 14.0. The van der Waals surface area contributed by atoms with E-state index in [0.29, 0.717) is 44.3 Å². The second-order valence-corrected chi connectivity index (χ2v) is 7.85. The van der Waals surface area contributed by atoms with E-state index in [9.17, 15) is 4.79 Å². The summed E-state index contributed by atoms with van der Waals surface area (Å²) in [5.41, 5.74) is 3.26. The Morgan fingerprint density at radius 1 is 1.10 bits per heavy atom. The summed E-state index contributed by atoms with van der Waals surface area (Å²) in [4.78, 5) is 21.9. The second kappa shape index (κ2) is 9.92. The molecule has 0 atom stereocenters. The van der Waals surface area contributed by atoms with Crippen LogP contribution in [0.4, 0.5) is 0 Å². The molecule has 0 aliphatic rings. The molecule has 29 heavy (non-hydrogen) atoms. The minimum atomic E-state index is -0.251. The SMILES string of the molecule is CSc1nc(C)c(C(=O)NC/C=C/c2ccccc2)c(-c2cc(Cl)cc(Cl)c2)n1. The first-order valence-corrected chi connectivity index (χ1v) is 10.8. The molecule has 4 nitrogen and oxygen atoms in total. The Balaban J connectivity index is 1.89. The average Bonchev–Trinajstić information content (AvgIpc) is 2.70. The highest BCUT2D eigenvalue weighted by molar-refractivity contribution is 7.98. The van der Waals surface area contributed by atoms with E-state index in [1.807, 2.05) is 48.7 Å². The van der Waals surface area contributed by atoms with E-state index in [2.05, 4.69) is 15.3 Å². The molecule has 1 amide bonds. The number of nitrogens with zero attached hydrogens (tertiary/aromatic N) is 2. The van der Waals surface area contributed by atoms with Gasteiger partial charge in [0.15, 0.2) is 5.16 Å². The van der Waals surface area contributed by atoms with Gasteiger partial charge in [0.05, 0.1) is 17.0 Å². The van der Waals surface area contributed by atoms with E-state index >= 15 is 0 Å². The molecule has 3 aromatic rings. The Hall–Kier alpha value is -2.34. The minimum Gasteiger partial charge on any atom is -0.348 e. The van der Waals surface area contributed by atoms with Gasteiger partial charge in [-0.25, -0.2) is 9.97 Å². The Bertz CT molecular complexity index is 1040. The van der Waals surface area contributed by atoms with Gasteiger partial charge >= 0.3 is 0 Å².